The molecule has 0 aliphatic rings. The number of carbonyl (C=O) groups is 1. The van der Waals surface area contributed by atoms with Crippen molar-refractivity contribution < 1.29 is 14.3 Å². The van der Waals surface area contributed by atoms with E-state index in [0.717, 1.165) is 11.8 Å². The molecule has 8 heteroatoms. The Balaban J connectivity index is 2.07. The molecule has 1 atom stereocenters. The minimum atomic E-state index is -0.911. The van der Waals surface area contributed by atoms with Crippen molar-refractivity contribution in [3.05, 3.63) is 46.6 Å². The third kappa shape index (κ3) is 2.53. The maximum atomic E-state index is 13.8. The second-order valence-corrected chi connectivity index (χ2v) is 7.10. The predicted octanol–water partition coefficient (Wildman–Crippen LogP) is 3.65. The number of aromatic nitrogens is 3. The monoisotopic (exact) mass is 371 g/mol. The summed E-state index contributed by atoms with van der Waals surface area (Å²) in [5.41, 5.74) is 0.892. The number of pyridine rings is 1. The molecular weight excluding hydrogens is 357 g/mol. The minimum Gasteiger partial charge on any atom is -0.480 e. The smallest absolute Gasteiger partial charge is 0.317 e. The fourth-order valence-corrected chi connectivity index (χ4v) is 3.97. The lowest BCUT2D eigenvalue weighted by molar-refractivity contribution is -0.136. The Kier molecular flexibility index (Phi) is 3.91. The van der Waals surface area contributed by atoms with Gasteiger partial charge in [0.05, 0.1) is 16.4 Å². The molecule has 0 aliphatic carbocycles. The van der Waals surface area contributed by atoms with Gasteiger partial charge < -0.3 is 15.1 Å². The molecule has 0 saturated carbocycles. The Morgan fingerprint density at radius 2 is 2.12 bits per heavy atom. The molecule has 0 amide bonds. The fourth-order valence-electron chi connectivity index (χ4n) is 3.12. The van der Waals surface area contributed by atoms with Gasteiger partial charge in [-0.2, -0.15) is 0 Å². The summed E-state index contributed by atoms with van der Waals surface area (Å²) in [6, 6.07) is 5.96. The Labute approximate surface area is 150 Å². The number of nitrogens with zero attached hydrogens (tertiary/aromatic N) is 1. The number of carboxylic acids is 1. The fraction of sp³-hybridized carbons (Fsp3) is 0.167. The average molecular weight is 371 g/mol. The summed E-state index contributed by atoms with van der Waals surface area (Å²) >= 11 is 1.12. The van der Waals surface area contributed by atoms with Gasteiger partial charge in [-0.3, -0.25) is 9.59 Å². The maximum Gasteiger partial charge on any atom is 0.317 e. The van der Waals surface area contributed by atoms with Crippen LogP contribution in [0.15, 0.2) is 40.4 Å². The summed E-state index contributed by atoms with van der Waals surface area (Å²) in [6.07, 6.45) is 1.96. The first kappa shape index (κ1) is 16.6. The van der Waals surface area contributed by atoms with Crippen LogP contribution in [0.1, 0.15) is 13.3 Å². The van der Waals surface area contributed by atoms with Crippen molar-refractivity contribution in [3.63, 3.8) is 0 Å². The molecular formula is C18H14FN3O3S. The van der Waals surface area contributed by atoms with Crippen LogP contribution in [-0.2, 0) is 4.79 Å². The zero-order valence-corrected chi connectivity index (χ0v) is 14.5. The third-order valence-electron chi connectivity index (χ3n) is 4.32. The number of H-pyrrole nitrogens is 2. The van der Waals surface area contributed by atoms with Crippen LogP contribution in [0.2, 0.25) is 0 Å². The standard InChI is InChI=1S/C18H14FN3O3S/c1-2-12(17(24)25)26-18-21-14-9-4-3-8(19)7-11(9)13-10(15(14)22-18)5-6-20-16(13)23/h3-7,12H,2H2,1H3,(H,20,23)(H,21,22)(H,24,25). The number of halogens is 1. The normalized spacial score (nSPS) is 12.8. The van der Waals surface area contributed by atoms with Crippen molar-refractivity contribution in [1.29, 1.82) is 0 Å². The quantitative estimate of drug-likeness (QED) is 0.376. The van der Waals surface area contributed by atoms with Crippen molar-refractivity contribution in [2.75, 3.05) is 0 Å². The van der Waals surface area contributed by atoms with E-state index in [1.165, 1.54) is 18.3 Å². The molecule has 132 valence electrons. The largest absolute Gasteiger partial charge is 0.480 e. The molecule has 6 nitrogen and oxygen atoms in total. The Hall–Kier alpha value is -2.87. The topological polar surface area (TPSA) is 98.8 Å². The summed E-state index contributed by atoms with van der Waals surface area (Å²) in [7, 11) is 0. The first-order valence-electron chi connectivity index (χ1n) is 8.01. The van der Waals surface area contributed by atoms with E-state index in [9.17, 15) is 19.1 Å². The zero-order valence-electron chi connectivity index (χ0n) is 13.7. The van der Waals surface area contributed by atoms with E-state index in [1.54, 1.807) is 19.1 Å². The Bertz CT molecular complexity index is 1230. The molecule has 2 heterocycles. The number of aliphatic carboxylic acids is 1. The molecule has 0 fully saturated rings. The second kappa shape index (κ2) is 6.14. The summed E-state index contributed by atoms with van der Waals surface area (Å²) in [4.78, 5) is 34.0. The SMILES string of the molecule is CCC(Sc1nc2c3cc[nH]c(=O)c3c3cc(F)ccc3c2[nH]1)C(=O)O. The average Bonchev–Trinajstić information content (AvgIpc) is 3.03. The van der Waals surface area contributed by atoms with E-state index in [1.807, 2.05) is 0 Å². The molecule has 3 N–H and O–H groups in total. The predicted molar refractivity (Wildman–Crippen MR) is 99.3 cm³/mol. The number of imidazole rings is 1. The Morgan fingerprint density at radius 3 is 2.85 bits per heavy atom. The number of fused-ring (bicyclic) bond motifs is 6. The summed E-state index contributed by atoms with van der Waals surface area (Å²) in [5.74, 6) is -1.35. The number of aromatic amines is 2. The van der Waals surface area contributed by atoms with E-state index in [4.69, 9.17) is 0 Å². The molecule has 4 aromatic rings. The van der Waals surface area contributed by atoms with Gasteiger partial charge in [0.25, 0.3) is 5.56 Å². The number of hydrogen-bond donors (Lipinski definition) is 3. The van der Waals surface area contributed by atoms with E-state index in [0.29, 0.717) is 44.2 Å². The van der Waals surface area contributed by atoms with Crippen molar-refractivity contribution in [1.82, 2.24) is 15.0 Å². The lowest BCUT2D eigenvalue weighted by Gasteiger charge is -2.05. The van der Waals surface area contributed by atoms with Gasteiger partial charge in [0.2, 0.25) is 0 Å². The van der Waals surface area contributed by atoms with E-state index < -0.39 is 17.0 Å². The van der Waals surface area contributed by atoms with Gasteiger partial charge in [0, 0.05) is 22.4 Å². The van der Waals surface area contributed by atoms with E-state index >= 15 is 0 Å². The van der Waals surface area contributed by atoms with Crippen LogP contribution >= 0.6 is 11.8 Å². The third-order valence-corrected chi connectivity index (χ3v) is 5.55. The second-order valence-electron chi connectivity index (χ2n) is 5.90. The molecule has 1 unspecified atom stereocenters. The molecule has 4 rings (SSSR count). The molecule has 2 aromatic carbocycles. The lowest BCUT2D eigenvalue weighted by atomic mass is 10.0. The van der Waals surface area contributed by atoms with Crippen LogP contribution in [0, 0.1) is 5.82 Å². The number of nitrogens with one attached hydrogen (secondary N) is 2. The first-order valence-corrected chi connectivity index (χ1v) is 8.89. The molecule has 26 heavy (non-hydrogen) atoms. The molecule has 0 saturated heterocycles. The molecule has 0 radical (unpaired) electrons. The van der Waals surface area contributed by atoms with Crippen LogP contribution in [-0.4, -0.2) is 31.3 Å². The molecule has 0 spiro atoms. The highest BCUT2D eigenvalue weighted by atomic mass is 32.2. The molecule has 0 bridgehead atoms. The van der Waals surface area contributed by atoms with Crippen LogP contribution in [0.3, 0.4) is 0 Å². The summed E-state index contributed by atoms with van der Waals surface area (Å²) in [6.45, 7) is 1.79. The van der Waals surface area contributed by atoms with Crippen molar-refractivity contribution in [2.45, 2.75) is 23.8 Å². The van der Waals surface area contributed by atoms with E-state index in [2.05, 4.69) is 15.0 Å². The van der Waals surface area contributed by atoms with Crippen LogP contribution in [0.4, 0.5) is 4.39 Å². The van der Waals surface area contributed by atoms with Crippen LogP contribution in [0.25, 0.3) is 32.6 Å². The van der Waals surface area contributed by atoms with Gasteiger partial charge in [-0.15, -0.1) is 0 Å². The summed E-state index contributed by atoms with van der Waals surface area (Å²) < 4.78 is 13.8. The highest BCUT2D eigenvalue weighted by molar-refractivity contribution is 8.00. The van der Waals surface area contributed by atoms with Crippen molar-refractivity contribution in [3.8, 4) is 0 Å². The van der Waals surface area contributed by atoms with Gasteiger partial charge in [-0.1, -0.05) is 18.7 Å². The molecule has 0 aliphatic heterocycles. The number of carboxylic acid groups (broad SMARTS) is 1. The van der Waals surface area contributed by atoms with Gasteiger partial charge in [0.15, 0.2) is 5.16 Å². The van der Waals surface area contributed by atoms with Gasteiger partial charge in [-0.25, -0.2) is 9.37 Å². The van der Waals surface area contributed by atoms with Crippen molar-refractivity contribution in [2.24, 2.45) is 0 Å². The maximum absolute atomic E-state index is 13.8. The number of hydrogen-bond acceptors (Lipinski definition) is 4. The van der Waals surface area contributed by atoms with Crippen LogP contribution in [0.5, 0.6) is 0 Å². The number of benzene rings is 2. The number of rotatable bonds is 4. The summed E-state index contributed by atoms with van der Waals surface area (Å²) in [5, 5.41) is 11.2. The van der Waals surface area contributed by atoms with Gasteiger partial charge in [-0.05, 0) is 30.7 Å². The Morgan fingerprint density at radius 1 is 1.31 bits per heavy atom. The zero-order chi connectivity index (χ0) is 18.4. The van der Waals surface area contributed by atoms with Crippen LogP contribution < -0.4 is 5.56 Å². The number of thioether (sulfide) groups is 1. The molecule has 2 aromatic heterocycles. The van der Waals surface area contributed by atoms with Gasteiger partial charge in [0.1, 0.15) is 11.1 Å². The van der Waals surface area contributed by atoms with Gasteiger partial charge >= 0.3 is 5.97 Å². The highest BCUT2D eigenvalue weighted by Gasteiger charge is 2.21. The van der Waals surface area contributed by atoms with Crippen molar-refractivity contribution >= 4 is 50.3 Å². The van der Waals surface area contributed by atoms with E-state index in [-0.39, 0.29) is 5.56 Å². The minimum absolute atomic E-state index is 0.325. The highest BCUT2D eigenvalue weighted by Crippen LogP contribution is 2.34. The first-order chi connectivity index (χ1) is 12.5. The lowest BCUT2D eigenvalue weighted by Crippen LogP contribution is -2.14.